The van der Waals surface area contributed by atoms with Crippen molar-refractivity contribution in [2.75, 3.05) is 6.54 Å². The molecule has 0 aliphatic carbocycles. The summed E-state index contributed by atoms with van der Waals surface area (Å²) in [5.41, 5.74) is 5.55. The summed E-state index contributed by atoms with van der Waals surface area (Å²) in [6.07, 6.45) is 6.30. The maximum atomic E-state index is 13.1. The van der Waals surface area contributed by atoms with Gasteiger partial charge in [0.05, 0.1) is 23.1 Å². The average molecular weight is 433 g/mol. The summed E-state index contributed by atoms with van der Waals surface area (Å²) < 4.78 is 2.01. The number of imidazole rings is 1. The number of benzene rings is 3. The van der Waals surface area contributed by atoms with Crippen LogP contribution in [0, 0.1) is 0 Å². The van der Waals surface area contributed by atoms with E-state index in [1.165, 1.54) is 5.56 Å². The van der Waals surface area contributed by atoms with E-state index in [1.54, 1.807) is 12.5 Å². The van der Waals surface area contributed by atoms with Crippen LogP contribution in [0.4, 0.5) is 0 Å². The van der Waals surface area contributed by atoms with Crippen molar-refractivity contribution in [2.45, 2.75) is 13.0 Å². The molecule has 5 aromatic rings. The van der Waals surface area contributed by atoms with Crippen LogP contribution in [-0.4, -0.2) is 27.0 Å². The molecule has 0 unspecified atom stereocenters. The molecule has 0 spiro atoms. The molecule has 0 aliphatic heterocycles. The van der Waals surface area contributed by atoms with E-state index in [4.69, 9.17) is 4.98 Å². The van der Waals surface area contributed by atoms with Crippen LogP contribution in [0.3, 0.4) is 0 Å². The predicted molar refractivity (Wildman–Crippen MR) is 132 cm³/mol. The molecule has 33 heavy (non-hydrogen) atoms. The molecule has 0 saturated heterocycles. The summed E-state index contributed by atoms with van der Waals surface area (Å²) in [4.78, 5) is 22.0. The van der Waals surface area contributed by atoms with Gasteiger partial charge in [-0.3, -0.25) is 4.79 Å². The van der Waals surface area contributed by atoms with E-state index >= 15 is 0 Å². The van der Waals surface area contributed by atoms with E-state index < -0.39 is 0 Å². The molecule has 1 amide bonds. The third-order valence-electron chi connectivity index (χ3n) is 5.69. The Hall–Kier alpha value is -4.25. The van der Waals surface area contributed by atoms with Gasteiger partial charge in [0.15, 0.2) is 0 Å². The van der Waals surface area contributed by atoms with Gasteiger partial charge >= 0.3 is 0 Å². The van der Waals surface area contributed by atoms with Gasteiger partial charge in [-0.15, -0.1) is 0 Å². The lowest BCUT2D eigenvalue weighted by molar-refractivity contribution is 0.0954. The van der Waals surface area contributed by atoms with Crippen molar-refractivity contribution in [3.63, 3.8) is 0 Å². The Bertz CT molecular complexity index is 1360. The van der Waals surface area contributed by atoms with Crippen LogP contribution in [-0.2, 0) is 6.54 Å². The third kappa shape index (κ3) is 4.67. The number of hydrogen-bond acceptors (Lipinski definition) is 3. The Morgan fingerprint density at radius 1 is 0.848 bits per heavy atom. The summed E-state index contributed by atoms with van der Waals surface area (Å²) in [6, 6.07) is 28.3. The number of carbonyl (C=O) groups is 1. The highest BCUT2D eigenvalue weighted by Gasteiger charge is 2.14. The summed E-state index contributed by atoms with van der Waals surface area (Å²) in [7, 11) is 0. The largest absolute Gasteiger partial charge is 0.352 e. The molecule has 0 fully saturated rings. The van der Waals surface area contributed by atoms with Gasteiger partial charge in [0.25, 0.3) is 5.91 Å². The average Bonchev–Trinajstić information content (AvgIpc) is 3.40. The maximum absolute atomic E-state index is 13.1. The Labute approximate surface area is 192 Å². The van der Waals surface area contributed by atoms with Gasteiger partial charge in [-0.05, 0) is 29.7 Å². The number of pyridine rings is 1. The highest BCUT2D eigenvalue weighted by atomic mass is 16.1. The number of para-hydroxylation sites is 1. The molecule has 0 radical (unpaired) electrons. The van der Waals surface area contributed by atoms with Crippen molar-refractivity contribution in [1.82, 2.24) is 19.9 Å². The fraction of sp³-hybridized carbons (Fsp3) is 0.107. The molecular formula is C28H24N4O. The molecule has 1 N–H and O–H groups in total. The molecule has 2 heterocycles. The number of aromatic nitrogens is 3. The summed E-state index contributed by atoms with van der Waals surface area (Å²) in [5.74, 6) is -0.0820. The number of fused-ring (bicyclic) bond motifs is 1. The van der Waals surface area contributed by atoms with E-state index in [2.05, 4.69) is 46.7 Å². The predicted octanol–water partition coefficient (Wildman–Crippen LogP) is 5.59. The molecule has 5 heteroatoms. The number of aryl methyl sites for hydroxylation is 1. The number of carbonyl (C=O) groups excluding carboxylic acids is 1. The third-order valence-corrected chi connectivity index (χ3v) is 5.69. The fourth-order valence-electron chi connectivity index (χ4n) is 3.95. The molecule has 0 bridgehead atoms. The number of nitrogens with one attached hydrogen (secondary N) is 1. The first-order valence-electron chi connectivity index (χ1n) is 11.1. The number of hydrogen-bond donors (Lipinski definition) is 1. The highest BCUT2D eigenvalue weighted by molar-refractivity contribution is 6.07. The van der Waals surface area contributed by atoms with Crippen molar-refractivity contribution in [3.05, 3.63) is 109 Å². The monoisotopic (exact) mass is 432 g/mol. The van der Waals surface area contributed by atoms with E-state index in [0.29, 0.717) is 12.1 Å². The van der Waals surface area contributed by atoms with Gasteiger partial charge in [-0.25, -0.2) is 9.97 Å². The quantitative estimate of drug-likeness (QED) is 0.341. The summed E-state index contributed by atoms with van der Waals surface area (Å²) >= 11 is 0. The number of nitrogens with zero attached hydrogens (tertiary/aromatic N) is 3. The Morgan fingerprint density at radius 2 is 1.58 bits per heavy atom. The molecule has 0 aliphatic rings. The molecule has 0 atom stereocenters. The molecule has 162 valence electrons. The first kappa shape index (κ1) is 20.6. The van der Waals surface area contributed by atoms with Crippen LogP contribution in [0.5, 0.6) is 0 Å². The second kappa shape index (κ2) is 9.49. The Morgan fingerprint density at radius 3 is 2.36 bits per heavy atom. The lowest BCUT2D eigenvalue weighted by Crippen LogP contribution is -2.25. The zero-order chi connectivity index (χ0) is 22.5. The van der Waals surface area contributed by atoms with E-state index in [0.717, 1.165) is 40.7 Å². The van der Waals surface area contributed by atoms with E-state index in [-0.39, 0.29) is 5.91 Å². The lowest BCUT2D eigenvalue weighted by Gasteiger charge is -2.11. The second-order valence-electron chi connectivity index (χ2n) is 7.93. The topological polar surface area (TPSA) is 59.8 Å². The van der Waals surface area contributed by atoms with Gasteiger partial charge in [0.2, 0.25) is 0 Å². The number of rotatable bonds is 7. The Balaban J connectivity index is 1.39. The summed E-state index contributed by atoms with van der Waals surface area (Å²) in [5, 5.41) is 3.92. The van der Waals surface area contributed by atoms with Crippen LogP contribution in [0.1, 0.15) is 16.8 Å². The molecule has 5 nitrogen and oxygen atoms in total. The van der Waals surface area contributed by atoms with Crippen LogP contribution in [0.2, 0.25) is 0 Å². The van der Waals surface area contributed by atoms with Crippen molar-refractivity contribution < 1.29 is 4.79 Å². The second-order valence-corrected chi connectivity index (χ2v) is 7.93. The first-order valence-corrected chi connectivity index (χ1v) is 11.1. The zero-order valence-corrected chi connectivity index (χ0v) is 18.2. The normalized spacial score (nSPS) is 10.9. The molecule has 3 aromatic carbocycles. The SMILES string of the molecule is O=C(NCCCn1ccnc1)c1cc(-c2ccc(-c3ccccc3)cc2)nc2ccccc12. The lowest BCUT2D eigenvalue weighted by atomic mass is 10.0. The molecule has 0 saturated carbocycles. The zero-order valence-electron chi connectivity index (χ0n) is 18.2. The minimum absolute atomic E-state index is 0.0820. The van der Waals surface area contributed by atoms with Gasteiger partial charge in [-0.2, -0.15) is 0 Å². The van der Waals surface area contributed by atoms with Crippen LogP contribution < -0.4 is 5.32 Å². The standard InChI is InChI=1S/C28H24N4O/c33-28(30-15-6-17-32-18-16-29-20-32)25-19-27(31-26-10-5-4-9-24(25)26)23-13-11-22(12-14-23)21-7-2-1-3-8-21/h1-5,7-14,16,18-20H,6,15,17H2,(H,30,33). The van der Waals surface area contributed by atoms with Gasteiger partial charge in [-0.1, -0.05) is 72.8 Å². The maximum Gasteiger partial charge on any atom is 0.252 e. The minimum Gasteiger partial charge on any atom is -0.352 e. The van der Waals surface area contributed by atoms with E-state index in [1.807, 2.05) is 59.3 Å². The molecule has 5 rings (SSSR count). The highest BCUT2D eigenvalue weighted by Crippen LogP contribution is 2.27. The van der Waals surface area contributed by atoms with E-state index in [9.17, 15) is 4.79 Å². The van der Waals surface area contributed by atoms with Crippen molar-refractivity contribution in [3.8, 4) is 22.4 Å². The Kier molecular flexibility index (Phi) is 5.93. The van der Waals surface area contributed by atoms with Crippen molar-refractivity contribution in [1.29, 1.82) is 0 Å². The first-order chi connectivity index (χ1) is 16.3. The van der Waals surface area contributed by atoms with Crippen LogP contribution in [0.25, 0.3) is 33.3 Å². The van der Waals surface area contributed by atoms with Crippen molar-refractivity contribution in [2.24, 2.45) is 0 Å². The minimum atomic E-state index is -0.0820. The molecule has 2 aromatic heterocycles. The van der Waals surface area contributed by atoms with Gasteiger partial charge in [0.1, 0.15) is 0 Å². The van der Waals surface area contributed by atoms with Gasteiger partial charge < -0.3 is 9.88 Å². The smallest absolute Gasteiger partial charge is 0.252 e. The van der Waals surface area contributed by atoms with Crippen LogP contribution >= 0.6 is 0 Å². The summed E-state index contributed by atoms with van der Waals surface area (Å²) in [6.45, 7) is 1.41. The number of amides is 1. The van der Waals surface area contributed by atoms with Gasteiger partial charge in [0, 0.05) is 36.4 Å². The van der Waals surface area contributed by atoms with Crippen LogP contribution in [0.15, 0.2) is 104 Å². The fourth-order valence-corrected chi connectivity index (χ4v) is 3.95. The molecular weight excluding hydrogens is 408 g/mol. The van der Waals surface area contributed by atoms with Crippen molar-refractivity contribution >= 4 is 16.8 Å².